The van der Waals surface area contributed by atoms with Gasteiger partial charge in [-0.25, -0.2) is 8.42 Å². The number of carbonyl (C=O) groups is 1. The Morgan fingerprint density at radius 2 is 1.73 bits per heavy atom. The van der Waals surface area contributed by atoms with Crippen molar-refractivity contribution in [2.45, 2.75) is 18.2 Å². The van der Waals surface area contributed by atoms with E-state index in [1.165, 1.54) is 22.5 Å². The molecule has 0 radical (unpaired) electrons. The van der Waals surface area contributed by atoms with Gasteiger partial charge in [0, 0.05) is 44.7 Å². The first kappa shape index (κ1) is 20.5. The van der Waals surface area contributed by atoms with E-state index in [1.807, 2.05) is 13.0 Å². The maximum absolute atomic E-state index is 13.0. The molecule has 0 spiro atoms. The number of piperazine rings is 1. The van der Waals surface area contributed by atoms with E-state index in [4.69, 9.17) is 13.9 Å². The van der Waals surface area contributed by atoms with E-state index < -0.39 is 10.0 Å². The van der Waals surface area contributed by atoms with E-state index >= 15 is 0 Å². The molecule has 8 nitrogen and oxygen atoms in total. The predicted molar refractivity (Wildman–Crippen MR) is 110 cm³/mol. The standard InChI is InChI=1S/C21H24N2O6S/c1-16-3-4-17(29-16)5-8-21(24)22-9-11-23(12-10-22)30(25,26)18-6-7-19-20(15-18)28-14-2-13-27-19/h3-8,15H,2,9-14H2,1H3. The number of hydrogen-bond donors (Lipinski definition) is 0. The van der Waals surface area contributed by atoms with Gasteiger partial charge in [0.15, 0.2) is 11.5 Å². The Kier molecular flexibility index (Phi) is 5.83. The van der Waals surface area contributed by atoms with Crippen LogP contribution in [0.1, 0.15) is 17.9 Å². The van der Waals surface area contributed by atoms with Crippen LogP contribution in [0.3, 0.4) is 0 Å². The van der Waals surface area contributed by atoms with Crippen LogP contribution in [0.4, 0.5) is 0 Å². The molecule has 1 amide bonds. The Morgan fingerprint density at radius 1 is 1.00 bits per heavy atom. The lowest BCUT2D eigenvalue weighted by atomic mass is 10.3. The fourth-order valence-corrected chi connectivity index (χ4v) is 4.84. The van der Waals surface area contributed by atoms with Gasteiger partial charge in [0.25, 0.3) is 0 Å². The number of fused-ring (bicyclic) bond motifs is 1. The van der Waals surface area contributed by atoms with Crippen LogP contribution in [0, 0.1) is 6.92 Å². The first-order valence-electron chi connectivity index (χ1n) is 9.87. The second-order valence-electron chi connectivity index (χ2n) is 7.17. The van der Waals surface area contributed by atoms with Gasteiger partial charge >= 0.3 is 0 Å². The minimum atomic E-state index is -3.68. The van der Waals surface area contributed by atoms with E-state index in [0.29, 0.717) is 43.6 Å². The molecule has 1 aromatic carbocycles. The van der Waals surface area contributed by atoms with E-state index in [0.717, 1.165) is 12.2 Å². The number of furan rings is 1. The van der Waals surface area contributed by atoms with Crippen molar-refractivity contribution in [3.63, 3.8) is 0 Å². The highest BCUT2D eigenvalue weighted by Gasteiger charge is 2.30. The molecule has 160 valence electrons. The summed E-state index contributed by atoms with van der Waals surface area (Å²) in [5, 5.41) is 0. The summed E-state index contributed by atoms with van der Waals surface area (Å²) in [6.45, 7) is 3.98. The van der Waals surface area contributed by atoms with Gasteiger partial charge in [-0.1, -0.05) is 0 Å². The second-order valence-corrected chi connectivity index (χ2v) is 9.11. The van der Waals surface area contributed by atoms with Crippen molar-refractivity contribution in [1.29, 1.82) is 0 Å². The molecule has 1 saturated heterocycles. The van der Waals surface area contributed by atoms with Crippen molar-refractivity contribution in [3.8, 4) is 11.5 Å². The zero-order chi connectivity index (χ0) is 21.1. The fraction of sp³-hybridized carbons (Fsp3) is 0.381. The van der Waals surface area contributed by atoms with E-state index in [9.17, 15) is 13.2 Å². The van der Waals surface area contributed by atoms with E-state index in [-0.39, 0.29) is 23.9 Å². The molecule has 2 aliphatic rings. The molecule has 0 aliphatic carbocycles. The fourth-order valence-electron chi connectivity index (χ4n) is 3.40. The Hall–Kier alpha value is -2.78. The van der Waals surface area contributed by atoms with Gasteiger partial charge in [0.1, 0.15) is 11.5 Å². The number of ether oxygens (including phenoxy) is 2. The van der Waals surface area contributed by atoms with Crippen LogP contribution in [0.25, 0.3) is 6.08 Å². The van der Waals surface area contributed by atoms with E-state index in [2.05, 4.69) is 0 Å². The van der Waals surface area contributed by atoms with Crippen LogP contribution in [0.5, 0.6) is 11.5 Å². The van der Waals surface area contributed by atoms with Crippen LogP contribution < -0.4 is 9.47 Å². The van der Waals surface area contributed by atoms with E-state index in [1.54, 1.807) is 23.1 Å². The van der Waals surface area contributed by atoms with Crippen molar-refractivity contribution in [2.24, 2.45) is 0 Å². The van der Waals surface area contributed by atoms with Crippen molar-refractivity contribution in [2.75, 3.05) is 39.4 Å². The van der Waals surface area contributed by atoms with Crippen LogP contribution in [-0.4, -0.2) is 62.9 Å². The van der Waals surface area contributed by atoms with Crippen molar-refractivity contribution in [3.05, 3.63) is 47.9 Å². The monoisotopic (exact) mass is 432 g/mol. The molecule has 2 aromatic rings. The quantitative estimate of drug-likeness (QED) is 0.689. The minimum Gasteiger partial charge on any atom is -0.490 e. The number of amides is 1. The molecule has 0 saturated carbocycles. The molecule has 0 bridgehead atoms. The van der Waals surface area contributed by atoms with Gasteiger partial charge < -0.3 is 18.8 Å². The maximum atomic E-state index is 13.0. The smallest absolute Gasteiger partial charge is 0.246 e. The molecule has 9 heteroatoms. The summed E-state index contributed by atoms with van der Waals surface area (Å²) in [6.07, 6.45) is 3.82. The molecule has 0 N–H and O–H groups in total. The van der Waals surface area contributed by atoms with Gasteiger partial charge in [0.05, 0.1) is 18.1 Å². The summed E-state index contributed by atoms with van der Waals surface area (Å²) >= 11 is 0. The van der Waals surface area contributed by atoms with Gasteiger partial charge in [-0.2, -0.15) is 4.31 Å². The zero-order valence-corrected chi connectivity index (χ0v) is 17.6. The van der Waals surface area contributed by atoms with Crippen LogP contribution in [-0.2, 0) is 14.8 Å². The Bertz CT molecular complexity index is 1050. The van der Waals surface area contributed by atoms with Crippen LogP contribution in [0.15, 0.2) is 45.7 Å². The molecule has 1 fully saturated rings. The Morgan fingerprint density at radius 3 is 2.43 bits per heavy atom. The normalized spacial score (nSPS) is 17.8. The summed E-state index contributed by atoms with van der Waals surface area (Å²) in [6, 6.07) is 8.30. The zero-order valence-electron chi connectivity index (χ0n) is 16.7. The molecule has 30 heavy (non-hydrogen) atoms. The average Bonchev–Trinajstić information content (AvgIpc) is 3.03. The highest BCUT2D eigenvalue weighted by Crippen LogP contribution is 2.33. The van der Waals surface area contributed by atoms with Gasteiger partial charge in [-0.05, 0) is 37.3 Å². The number of sulfonamides is 1. The number of benzene rings is 1. The summed E-state index contributed by atoms with van der Waals surface area (Å²) in [7, 11) is -3.68. The first-order chi connectivity index (χ1) is 14.4. The third kappa shape index (κ3) is 4.36. The number of hydrogen-bond acceptors (Lipinski definition) is 6. The lowest BCUT2D eigenvalue weighted by molar-refractivity contribution is -0.127. The summed E-state index contributed by atoms with van der Waals surface area (Å²) in [5.74, 6) is 2.21. The molecule has 3 heterocycles. The molecule has 1 aromatic heterocycles. The van der Waals surface area contributed by atoms with Crippen molar-refractivity contribution < 1.29 is 27.1 Å². The average molecular weight is 432 g/mol. The molecular formula is C21H24N2O6S. The number of rotatable bonds is 4. The number of carbonyl (C=O) groups excluding carboxylic acids is 1. The third-order valence-corrected chi connectivity index (χ3v) is 6.95. The molecule has 0 atom stereocenters. The van der Waals surface area contributed by atoms with Crippen LogP contribution >= 0.6 is 0 Å². The van der Waals surface area contributed by atoms with Crippen molar-refractivity contribution >= 4 is 22.0 Å². The lowest BCUT2D eigenvalue weighted by Gasteiger charge is -2.33. The minimum absolute atomic E-state index is 0.166. The number of aryl methyl sites for hydroxylation is 1. The lowest BCUT2D eigenvalue weighted by Crippen LogP contribution is -2.50. The first-order valence-corrected chi connectivity index (χ1v) is 11.3. The Balaban J connectivity index is 1.40. The Labute approximate surface area is 175 Å². The molecule has 0 unspecified atom stereocenters. The molecule has 2 aliphatic heterocycles. The SMILES string of the molecule is Cc1ccc(C=CC(=O)N2CCN(S(=O)(=O)c3ccc4c(c3)OCCCO4)CC2)o1. The second kappa shape index (κ2) is 8.53. The number of nitrogens with zero attached hydrogens (tertiary/aromatic N) is 2. The summed E-state index contributed by atoms with van der Waals surface area (Å²) < 4.78 is 44.1. The summed E-state index contributed by atoms with van der Waals surface area (Å²) in [4.78, 5) is 14.2. The van der Waals surface area contributed by atoms with Gasteiger partial charge in [0.2, 0.25) is 15.9 Å². The third-order valence-electron chi connectivity index (χ3n) is 5.06. The predicted octanol–water partition coefficient (Wildman–Crippen LogP) is 2.30. The molecule has 4 rings (SSSR count). The maximum Gasteiger partial charge on any atom is 0.246 e. The topological polar surface area (TPSA) is 89.3 Å². The van der Waals surface area contributed by atoms with Gasteiger partial charge in [-0.15, -0.1) is 0 Å². The molecular weight excluding hydrogens is 408 g/mol. The largest absolute Gasteiger partial charge is 0.490 e. The summed E-state index contributed by atoms with van der Waals surface area (Å²) in [5.41, 5.74) is 0. The van der Waals surface area contributed by atoms with Crippen molar-refractivity contribution in [1.82, 2.24) is 9.21 Å². The highest BCUT2D eigenvalue weighted by molar-refractivity contribution is 7.89. The highest BCUT2D eigenvalue weighted by atomic mass is 32.2. The van der Waals surface area contributed by atoms with Gasteiger partial charge in [-0.3, -0.25) is 4.79 Å². The van der Waals surface area contributed by atoms with Crippen LogP contribution in [0.2, 0.25) is 0 Å².